The molecule has 2 heterocycles. The van der Waals surface area contributed by atoms with E-state index < -0.39 is 0 Å². The number of nitrogens with zero attached hydrogens (tertiary/aromatic N) is 2. The third-order valence-corrected chi connectivity index (χ3v) is 5.08. The first-order chi connectivity index (χ1) is 14.2. The van der Waals surface area contributed by atoms with Crippen molar-refractivity contribution in [3.8, 4) is 5.75 Å². The zero-order valence-corrected chi connectivity index (χ0v) is 16.1. The molecular formula is C23H23FN2O3. The van der Waals surface area contributed by atoms with Crippen LogP contribution < -0.4 is 4.74 Å². The molecule has 0 saturated carbocycles. The van der Waals surface area contributed by atoms with Crippen molar-refractivity contribution in [3.63, 3.8) is 0 Å². The second-order valence-electron chi connectivity index (χ2n) is 7.17. The number of carbonyl (C=O) groups is 1. The lowest BCUT2D eigenvalue weighted by Crippen LogP contribution is -2.41. The van der Waals surface area contributed by atoms with Crippen LogP contribution in [0.5, 0.6) is 5.75 Å². The predicted octanol–water partition coefficient (Wildman–Crippen LogP) is 4.54. The number of aromatic nitrogens is 1. The average molecular weight is 394 g/mol. The third kappa shape index (κ3) is 4.83. The van der Waals surface area contributed by atoms with Gasteiger partial charge in [0.05, 0.1) is 6.20 Å². The molecule has 0 spiro atoms. The van der Waals surface area contributed by atoms with Gasteiger partial charge in [-0.1, -0.05) is 30.3 Å². The maximum Gasteiger partial charge on any atom is 0.261 e. The molecule has 3 aromatic rings. The van der Waals surface area contributed by atoms with E-state index >= 15 is 0 Å². The number of carbonyl (C=O) groups excluding carboxylic acids is 1. The summed E-state index contributed by atoms with van der Waals surface area (Å²) in [5.74, 6) is 1.36. The normalized spacial score (nSPS) is 16.6. The number of hydrogen-bond acceptors (Lipinski definition) is 4. The van der Waals surface area contributed by atoms with Crippen LogP contribution in [0.4, 0.5) is 4.39 Å². The van der Waals surface area contributed by atoms with E-state index in [9.17, 15) is 9.18 Å². The molecule has 5 nitrogen and oxygen atoms in total. The monoisotopic (exact) mass is 394 g/mol. The van der Waals surface area contributed by atoms with Crippen molar-refractivity contribution in [1.82, 2.24) is 9.88 Å². The van der Waals surface area contributed by atoms with E-state index in [-0.39, 0.29) is 24.4 Å². The fourth-order valence-corrected chi connectivity index (χ4v) is 3.60. The Morgan fingerprint density at radius 3 is 2.72 bits per heavy atom. The zero-order chi connectivity index (χ0) is 20.1. The molecule has 0 N–H and O–H groups in total. The molecule has 150 valence electrons. The summed E-state index contributed by atoms with van der Waals surface area (Å²) in [6, 6.07) is 15.5. The quantitative estimate of drug-likeness (QED) is 0.616. The summed E-state index contributed by atoms with van der Waals surface area (Å²) in [5, 5.41) is 0. The van der Waals surface area contributed by atoms with Crippen molar-refractivity contribution < 1.29 is 18.3 Å². The van der Waals surface area contributed by atoms with Crippen LogP contribution in [-0.2, 0) is 11.2 Å². The fraction of sp³-hybridized carbons (Fsp3) is 0.304. The Labute approximate surface area is 169 Å². The van der Waals surface area contributed by atoms with E-state index in [1.165, 1.54) is 24.3 Å². The largest absolute Gasteiger partial charge is 0.484 e. The highest BCUT2D eigenvalue weighted by molar-refractivity contribution is 5.78. The lowest BCUT2D eigenvalue weighted by Gasteiger charge is -2.33. The Morgan fingerprint density at radius 2 is 1.93 bits per heavy atom. The van der Waals surface area contributed by atoms with Crippen LogP contribution in [0.1, 0.15) is 42.5 Å². The number of benzene rings is 2. The molecule has 29 heavy (non-hydrogen) atoms. The maximum atomic E-state index is 13.0. The first-order valence-electron chi connectivity index (χ1n) is 9.85. The minimum absolute atomic E-state index is 0.0975. The molecule has 1 aliphatic heterocycles. The molecule has 6 heteroatoms. The van der Waals surface area contributed by atoms with Crippen molar-refractivity contribution in [3.05, 3.63) is 83.8 Å². The Balaban J connectivity index is 1.41. The van der Waals surface area contributed by atoms with E-state index in [0.717, 1.165) is 30.6 Å². The van der Waals surface area contributed by atoms with E-state index in [4.69, 9.17) is 9.15 Å². The number of likely N-dealkylation sites (tertiary alicyclic amines) is 1. The van der Waals surface area contributed by atoms with Gasteiger partial charge in [0.25, 0.3) is 5.91 Å². The summed E-state index contributed by atoms with van der Waals surface area (Å²) in [6.45, 7) is 0.548. The Kier molecular flexibility index (Phi) is 5.89. The summed E-state index contributed by atoms with van der Waals surface area (Å²) in [6.07, 6.45) is 5.18. The van der Waals surface area contributed by atoms with Gasteiger partial charge in [-0.05, 0) is 49.1 Å². The molecule has 4 rings (SSSR count). The van der Waals surface area contributed by atoms with Gasteiger partial charge in [0.2, 0.25) is 5.89 Å². The number of hydrogen-bond donors (Lipinski definition) is 0. The zero-order valence-electron chi connectivity index (χ0n) is 16.1. The van der Waals surface area contributed by atoms with Gasteiger partial charge in [-0.15, -0.1) is 0 Å². The number of ether oxygens (including phenoxy) is 1. The summed E-state index contributed by atoms with van der Waals surface area (Å²) < 4.78 is 24.5. The summed E-state index contributed by atoms with van der Waals surface area (Å²) >= 11 is 0. The minimum Gasteiger partial charge on any atom is -0.484 e. The molecule has 1 fully saturated rings. The highest BCUT2D eigenvalue weighted by Crippen LogP contribution is 2.31. The first kappa shape index (κ1) is 19.2. The highest BCUT2D eigenvalue weighted by Gasteiger charge is 2.31. The standard InChI is InChI=1S/C23H23FN2O3/c24-18-9-11-19(12-10-18)28-16-22(27)26-13-5-4-8-21(26)23-25-15-20(29-23)14-17-6-2-1-3-7-17/h1-3,6-7,9-12,15,21H,4-5,8,13-14,16H2/t21-/m0/s1. The topological polar surface area (TPSA) is 55.6 Å². The maximum absolute atomic E-state index is 13.0. The Morgan fingerprint density at radius 1 is 1.14 bits per heavy atom. The van der Waals surface area contributed by atoms with Crippen LogP contribution in [-0.4, -0.2) is 28.9 Å². The van der Waals surface area contributed by atoms with Gasteiger partial charge in [0.1, 0.15) is 23.4 Å². The molecule has 0 aliphatic carbocycles. The van der Waals surface area contributed by atoms with Crippen LogP contribution in [0, 0.1) is 5.82 Å². The second-order valence-corrected chi connectivity index (χ2v) is 7.17. The van der Waals surface area contributed by atoms with E-state index in [2.05, 4.69) is 4.98 Å². The first-order valence-corrected chi connectivity index (χ1v) is 9.85. The molecular weight excluding hydrogens is 371 g/mol. The molecule has 0 unspecified atom stereocenters. The van der Waals surface area contributed by atoms with Gasteiger partial charge < -0.3 is 14.1 Å². The van der Waals surface area contributed by atoms with Crippen molar-refractivity contribution in [1.29, 1.82) is 0 Å². The summed E-state index contributed by atoms with van der Waals surface area (Å²) in [5.41, 5.74) is 1.15. The molecule has 1 aromatic heterocycles. The smallest absolute Gasteiger partial charge is 0.261 e. The van der Waals surface area contributed by atoms with Gasteiger partial charge in [0, 0.05) is 13.0 Å². The van der Waals surface area contributed by atoms with Gasteiger partial charge >= 0.3 is 0 Å². The third-order valence-electron chi connectivity index (χ3n) is 5.08. The number of oxazole rings is 1. The Bertz CT molecular complexity index is 940. The minimum atomic E-state index is -0.338. The highest BCUT2D eigenvalue weighted by atomic mass is 19.1. The van der Waals surface area contributed by atoms with Crippen LogP contribution in [0.15, 0.2) is 65.2 Å². The molecule has 1 aliphatic rings. The summed E-state index contributed by atoms with van der Waals surface area (Å²) in [4.78, 5) is 19.0. The Hall–Kier alpha value is -3.15. The number of amides is 1. The van der Waals surface area contributed by atoms with Crippen molar-refractivity contribution in [2.75, 3.05) is 13.2 Å². The van der Waals surface area contributed by atoms with Gasteiger partial charge in [0.15, 0.2) is 6.61 Å². The molecule has 0 bridgehead atoms. The number of rotatable bonds is 6. The van der Waals surface area contributed by atoms with Crippen LogP contribution in [0.2, 0.25) is 0 Å². The molecule has 0 radical (unpaired) electrons. The molecule has 2 aromatic carbocycles. The van der Waals surface area contributed by atoms with Crippen LogP contribution >= 0.6 is 0 Å². The molecule has 1 amide bonds. The fourth-order valence-electron chi connectivity index (χ4n) is 3.60. The summed E-state index contributed by atoms with van der Waals surface area (Å²) in [7, 11) is 0. The second kappa shape index (κ2) is 8.90. The van der Waals surface area contributed by atoms with Gasteiger partial charge in [-0.25, -0.2) is 9.37 Å². The number of piperidine rings is 1. The lowest BCUT2D eigenvalue weighted by atomic mass is 10.0. The predicted molar refractivity (Wildman–Crippen MR) is 106 cm³/mol. The van der Waals surface area contributed by atoms with Crippen LogP contribution in [0.25, 0.3) is 0 Å². The van der Waals surface area contributed by atoms with E-state index in [1.54, 1.807) is 11.1 Å². The molecule has 1 saturated heterocycles. The van der Waals surface area contributed by atoms with Gasteiger partial charge in [-0.3, -0.25) is 4.79 Å². The molecule has 1 atom stereocenters. The van der Waals surface area contributed by atoms with Crippen molar-refractivity contribution in [2.45, 2.75) is 31.7 Å². The van der Waals surface area contributed by atoms with Crippen LogP contribution in [0.3, 0.4) is 0 Å². The van der Waals surface area contributed by atoms with Crippen molar-refractivity contribution in [2.24, 2.45) is 0 Å². The average Bonchev–Trinajstić information content (AvgIpc) is 3.22. The van der Waals surface area contributed by atoms with E-state index in [1.807, 2.05) is 30.3 Å². The SMILES string of the molecule is O=C(COc1ccc(F)cc1)N1CCCC[C@H]1c1ncc(Cc2ccccc2)o1. The van der Waals surface area contributed by atoms with E-state index in [0.29, 0.717) is 24.6 Å². The van der Waals surface area contributed by atoms with Gasteiger partial charge in [-0.2, -0.15) is 0 Å². The lowest BCUT2D eigenvalue weighted by molar-refractivity contribution is -0.137. The van der Waals surface area contributed by atoms with Crippen molar-refractivity contribution >= 4 is 5.91 Å². The number of halogens is 1.